The van der Waals surface area contributed by atoms with E-state index in [1.54, 1.807) is 0 Å². The summed E-state index contributed by atoms with van der Waals surface area (Å²) in [6.07, 6.45) is 1.75. The second kappa shape index (κ2) is 8.59. The summed E-state index contributed by atoms with van der Waals surface area (Å²) in [4.78, 5) is 12.2. The minimum atomic E-state index is -3.22. The Balaban J connectivity index is 2.29. The number of nitrogens with zero attached hydrogens (tertiary/aromatic N) is 1. The summed E-state index contributed by atoms with van der Waals surface area (Å²) in [6.45, 7) is -2.77. The highest BCUT2D eigenvalue weighted by Crippen LogP contribution is 2.44. The van der Waals surface area contributed by atoms with Gasteiger partial charge in [-0.25, -0.2) is 0 Å². The van der Waals surface area contributed by atoms with Gasteiger partial charge in [0.05, 0.1) is 11.5 Å². The molecule has 0 aromatic heterocycles. The van der Waals surface area contributed by atoms with Crippen LogP contribution >= 0.6 is 0 Å². The van der Waals surface area contributed by atoms with Crippen molar-refractivity contribution in [2.24, 2.45) is 11.8 Å². The fraction of sp³-hybridized carbons (Fsp3) is 0.579. The molecule has 0 bridgehead atoms. The molecule has 0 amide bonds. The van der Waals surface area contributed by atoms with Gasteiger partial charge in [0.25, 0.3) is 0 Å². The van der Waals surface area contributed by atoms with Gasteiger partial charge in [0.2, 0.25) is 0 Å². The molecule has 0 saturated heterocycles. The largest absolute Gasteiger partial charge is 0.431 e. The van der Waals surface area contributed by atoms with Crippen molar-refractivity contribution >= 4 is 5.78 Å². The number of carbonyl (C=O) groups is 1. The molecule has 0 spiro atoms. The molecule has 1 fully saturated rings. The zero-order valence-electron chi connectivity index (χ0n) is 15.1. The molecule has 0 atom stereocenters. The van der Waals surface area contributed by atoms with Crippen LogP contribution in [0.4, 0.5) is 17.6 Å². The number of hydrogen-bond acceptors (Lipinski definition) is 4. The van der Waals surface area contributed by atoms with Crippen LogP contribution in [0.3, 0.4) is 0 Å². The Morgan fingerprint density at radius 1 is 1.11 bits per heavy atom. The van der Waals surface area contributed by atoms with Gasteiger partial charge < -0.3 is 9.47 Å². The fourth-order valence-corrected chi connectivity index (χ4v) is 3.52. The summed E-state index contributed by atoms with van der Waals surface area (Å²) in [5, 5.41) is 9.74. The molecule has 1 saturated carbocycles. The lowest BCUT2D eigenvalue weighted by molar-refractivity contribution is -0.127. The highest BCUT2D eigenvalue weighted by molar-refractivity contribution is 5.82. The highest BCUT2D eigenvalue weighted by atomic mass is 19.3. The van der Waals surface area contributed by atoms with Gasteiger partial charge in [0, 0.05) is 11.8 Å². The summed E-state index contributed by atoms with van der Waals surface area (Å²) < 4.78 is 58.7. The molecule has 1 aliphatic carbocycles. The maximum atomic E-state index is 12.6. The van der Waals surface area contributed by atoms with Gasteiger partial charge in [-0.2, -0.15) is 22.8 Å². The monoisotopic (exact) mass is 387 g/mol. The van der Waals surface area contributed by atoms with E-state index >= 15 is 0 Å². The number of carbonyl (C=O) groups excluding carboxylic acids is 1. The van der Waals surface area contributed by atoms with Crippen molar-refractivity contribution in [2.45, 2.75) is 58.2 Å². The number of Topliss-reactive ketones (excluding diaryl/α,β-unsaturated/α-hetero) is 1. The molecule has 0 unspecified atom stereocenters. The first kappa shape index (κ1) is 21.0. The van der Waals surface area contributed by atoms with Crippen LogP contribution < -0.4 is 9.47 Å². The molecule has 0 radical (unpaired) electrons. The number of ether oxygens (including phenoxy) is 2. The van der Waals surface area contributed by atoms with Crippen LogP contribution in [0.15, 0.2) is 18.2 Å². The molecule has 0 N–H and O–H groups in total. The molecule has 1 aliphatic rings. The molecule has 0 aliphatic heterocycles. The molecule has 0 heterocycles. The average Bonchev–Trinajstić information content (AvgIpc) is 2.61. The molecular weight excluding hydrogens is 366 g/mol. The van der Waals surface area contributed by atoms with Crippen molar-refractivity contribution in [1.29, 1.82) is 5.26 Å². The summed E-state index contributed by atoms with van der Waals surface area (Å²) in [6, 6.07) is 5.88. The number of halogens is 4. The molecule has 27 heavy (non-hydrogen) atoms. The second-order valence-corrected chi connectivity index (χ2v) is 6.94. The topological polar surface area (TPSA) is 59.3 Å². The second-order valence-electron chi connectivity index (χ2n) is 6.94. The number of ketones is 1. The summed E-state index contributed by atoms with van der Waals surface area (Å²) >= 11 is 0. The molecule has 1 aromatic rings. The van der Waals surface area contributed by atoms with Crippen molar-refractivity contribution in [1.82, 2.24) is 0 Å². The van der Waals surface area contributed by atoms with Crippen molar-refractivity contribution < 1.29 is 31.8 Å². The van der Waals surface area contributed by atoms with Gasteiger partial charge in [0.15, 0.2) is 11.5 Å². The average molecular weight is 387 g/mol. The van der Waals surface area contributed by atoms with E-state index in [0.29, 0.717) is 31.2 Å². The Hall–Kier alpha value is -2.30. The van der Waals surface area contributed by atoms with E-state index in [4.69, 9.17) is 0 Å². The zero-order chi connectivity index (χ0) is 20.2. The number of alkyl halides is 4. The Kier molecular flexibility index (Phi) is 6.68. The highest BCUT2D eigenvalue weighted by Gasteiger charge is 2.40. The Morgan fingerprint density at radius 2 is 1.67 bits per heavy atom. The van der Waals surface area contributed by atoms with E-state index in [1.807, 2.05) is 13.8 Å². The van der Waals surface area contributed by atoms with Gasteiger partial charge in [-0.05, 0) is 43.4 Å². The number of nitriles is 1. The first-order valence-corrected chi connectivity index (χ1v) is 8.67. The molecule has 2 rings (SSSR count). The molecular formula is C19H21F4NO3. The third-order valence-electron chi connectivity index (χ3n) is 4.95. The van der Waals surface area contributed by atoms with Crippen LogP contribution in [0, 0.1) is 23.2 Å². The van der Waals surface area contributed by atoms with Gasteiger partial charge in [0.1, 0.15) is 5.78 Å². The van der Waals surface area contributed by atoms with E-state index in [9.17, 15) is 27.6 Å². The van der Waals surface area contributed by atoms with E-state index < -0.39 is 30.1 Å². The van der Waals surface area contributed by atoms with Crippen molar-refractivity contribution in [3.05, 3.63) is 23.8 Å². The van der Waals surface area contributed by atoms with Crippen molar-refractivity contribution in [3.63, 3.8) is 0 Å². The number of rotatable bonds is 7. The normalized spacial score (nSPS) is 22.7. The zero-order valence-corrected chi connectivity index (χ0v) is 15.1. The predicted octanol–water partition coefficient (Wildman–Crippen LogP) is 5.07. The first-order chi connectivity index (χ1) is 12.7. The van der Waals surface area contributed by atoms with Crippen molar-refractivity contribution in [2.75, 3.05) is 0 Å². The van der Waals surface area contributed by atoms with Gasteiger partial charge >= 0.3 is 13.2 Å². The summed E-state index contributed by atoms with van der Waals surface area (Å²) in [5.74, 6) is -1.15. The van der Waals surface area contributed by atoms with Crippen LogP contribution in [0.5, 0.6) is 11.5 Å². The quantitative estimate of drug-likeness (QED) is 0.613. The molecule has 8 heteroatoms. The van der Waals surface area contributed by atoms with E-state index in [-0.39, 0.29) is 17.6 Å². The van der Waals surface area contributed by atoms with Crippen molar-refractivity contribution in [3.8, 4) is 17.6 Å². The molecule has 1 aromatic carbocycles. The minimum Gasteiger partial charge on any atom is -0.431 e. The van der Waals surface area contributed by atoms with Crippen LogP contribution in [-0.2, 0) is 10.2 Å². The SMILES string of the molecule is CC(C)C(=O)C1CCC(C#N)(c2ccc(OC(F)F)c(OC(F)F)c2)CC1. The third-order valence-corrected chi connectivity index (χ3v) is 4.95. The molecule has 4 nitrogen and oxygen atoms in total. The summed E-state index contributed by atoms with van der Waals surface area (Å²) in [7, 11) is 0. The smallest absolute Gasteiger partial charge is 0.387 e. The third kappa shape index (κ3) is 4.90. The van der Waals surface area contributed by atoms with E-state index in [0.717, 1.165) is 12.1 Å². The standard InChI is InChI=1S/C19H21F4NO3/c1-11(2)16(25)12-5-7-19(10-24,8-6-12)13-3-4-14(26-17(20)21)15(9-13)27-18(22)23/h3-4,9,11-12,17-18H,5-8H2,1-2H3. The predicted molar refractivity (Wildman–Crippen MR) is 88.8 cm³/mol. The Labute approximate surface area is 155 Å². The van der Waals surface area contributed by atoms with E-state index in [2.05, 4.69) is 15.5 Å². The van der Waals surface area contributed by atoms with Gasteiger partial charge in [-0.15, -0.1) is 0 Å². The van der Waals surface area contributed by atoms with Crippen LogP contribution in [-0.4, -0.2) is 19.0 Å². The van der Waals surface area contributed by atoms with Gasteiger partial charge in [-0.3, -0.25) is 4.79 Å². The lowest BCUT2D eigenvalue weighted by atomic mass is 9.66. The van der Waals surface area contributed by atoms with Crippen LogP contribution in [0.2, 0.25) is 0 Å². The Bertz CT molecular complexity index is 707. The maximum Gasteiger partial charge on any atom is 0.387 e. The lowest BCUT2D eigenvalue weighted by Crippen LogP contribution is -2.34. The summed E-state index contributed by atoms with van der Waals surface area (Å²) in [5.41, 5.74) is -0.602. The van der Waals surface area contributed by atoms with Crippen LogP contribution in [0.25, 0.3) is 0 Å². The lowest BCUT2D eigenvalue weighted by Gasteiger charge is -2.35. The number of benzene rings is 1. The van der Waals surface area contributed by atoms with Gasteiger partial charge in [-0.1, -0.05) is 19.9 Å². The number of hydrogen-bond donors (Lipinski definition) is 0. The van der Waals surface area contributed by atoms with E-state index in [1.165, 1.54) is 6.07 Å². The Morgan fingerprint density at radius 3 is 2.15 bits per heavy atom. The first-order valence-electron chi connectivity index (χ1n) is 8.67. The van der Waals surface area contributed by atoms with Crippen LogP contribution in [0.1, 0.15) is 45.1 Å². The fourth-order valence-electron chi connectivity index (χ4n) is 3.52. The maximum absolute atomic E-state index is 12.6. The minimum absolute atomic E-state index is 0.0959. The molecule has 148 valence electrons.